The van der Waals surface area contributed by atoms with E-state index in [0.29, 0.717) is 25.4 Å². The third-order valence-corrected chi connectivity index (χ3v) is 4.19. The van der Waals surface area contributed by atoms with Crippen molar-refractivity contribution in [1.82, 2.24) is 19.4 Å². The molecule has 0 fully saturated rings. The van der Waals surface area contributed by atoms with E-state index < -0.39 is 0 Å². The third kappa shape index (κ3) is 3.08. The Labute approximate surface area is 143 Å². The first kappa shape index (κ1) is 15.3. The van der Waals surface area contributed by atoms with Gasteiger partial charge in [0.05, 0.1) is 12.1 Å². The van der Waals surface area contributed by atoms with Crippen molar-refractivity contribution in [2.75, 3.05) is 6.54 Å². The molecule has 1 aliphatic heterocycles. The molecule has 0 aromatic carbocycles. The lowest BCUT2D eigenvalue weighted by Gasteiger charge is -2.25. The summed E-state index contributed by atoms with van der Waals surface area (Å²) in [6, 6.07) is 8.55. The van der Waals surface area contributed by atoms with Crippen LogP contribution in [0, 0.1) is 0 Å². The summed E-state index contributed by atoms with van der Waals surface area (Å²) in [6.45, 7) is 0.969. The van der Waals surface area contributed by atoms with E-state index >= 15 is 0 Å². The molecule has 0 N–H and O–H groups in total. The highest BCUT2D eigenvalue weighted by Gasteiger charge is 2.26. The predicted molar refractivity (Wildman–Crippen MR) is 89.6 cm³/mol. The van der Waals surface area contributed by atoms with Gasteiger partial charge in [-0.2, -0.15) is 0 Å². The van der Waals surface area contributed by atoms with Gasteiger partial charge in [-0.05, 0) is 18.2 Å². The highest BCUT2D eigenvalue weighted by atomic mass is 16.4. The molecule has 126 valence electrons. The molecule has 7 nitrogen and oxygen atoms in total. The molecule has 0 saturated heterocycles. The molecule has 4 heterocycles. The van der Waals surface area contributed by atoms with Gasteiger partial charge in [0.25, 0.3) is 5.56 Å². The topological polar surface area (TPSA) is 81.2 Å². The number of hydrogen-bond acceptors (Lipinski definition) is 5. The molecule has 0 unspecified atom stereocenters. The van der Waals surface area contributed by atoms with E-state index in [2.05, 4.69) is 9.97 Å². The smallest absolute Gasteiger partial charge is 0.250 e. The first-order valence-corrected chi connectivity index (χ1v) is 8.03. The van der Waals surface area contributed by atoms with Crippen LogP contribution in [0.2, 0.25) is 0 Å². The van der Waals surface area contributed by atoms with Gasteiger partial charge in [0, 0.05) is 37.6 Å². The van der Waals surface area contributed by atoms with Gasteiger partial charge in [0.15, 0.2) is 0 Å². The van der Waals surface area contributed by atoms with E-state index in [1.54, 1.807) is 35.6 Å². The number of carbonyl (C=O) groups is 1. The molecule has 25 heavy (non-hydrogen) atoms. The van der Waals surface area contributed by atoms with Crippen molar-refractivity contribution in [3.8, 4) is 11.5 Å². The molecule has 1 amide bonds. The van der Waals surface area contributed by atoms with Crippen molar-refractivity contribution in [2.24, 2.45) is 0 Å². The highest BCUT2D eigenvalue weighted by molar-refractivity contribution is 5.76. The standard InChI is InChI=1S/C18H16N4O3/c23-16-5-1-2-8-21(16)12-17(24)22-9-6-15-14(11-22)20-18(25-15)13-4-3-7-19-10-13/h1-5,7-8,10H,6,9,11-12H2. The minimum atomic E-state index is -0.186. The van der Waals surface area contributed by atoms with Crippen molar-refractivity contribution < 1.29 is 9.21 Å². The van der Waals surface area contributed by atoms with Gasteiger partial charge in [-0.25, -0.2) is 4.98 Å². The van der Waals surface area contributed by atoms with Gasteiger partial charge in [-0.3, -0.25) is 14.6 Å². The van der Waals surface area contributed by atoms with E-state index in [9.17, 15) is 9.59 Å². The first-order valence-electron chi connectivity index (χ1n) is 8.03. The zero-order valence-corrected chi connectivity index (χ0v) is 13.5. The summed E-state index contributed by atoms with van der Waals surface area (Å²) in [6.07, 6.45) is 5.62. The van der Waals surface area contributed by atoms with E-state index in [4.69, 9.17) is 4.42 Å². The van der Waals surface area contributed by atoms with Crippen LogP contribution in [0.15, 0.2) is 58.1 Å². The summed E-state index contributed by atoms with van der Waals surface area (Å²) in [5, 5.41) is 0. The maximum Gasteiger partial charge on any atom is 0.250 e. The molecule has 3 aromatic heterocycles. The number of carbonyl (C=O) groups excluding carboxylic acids is 1. The second-order valence-electron chi connectivity index (χ2n) is 5.86. The number of oxazole rings is 1. The zero-order valence-electron chi connectivity index (χ0n) is 13.5. The summed E-state index contributed by atoms with van der Waals surface area (Å²) >= 11 is 0. The van der Waals surface area contributed by atoms with E-state index in [-0.39, 0.29) is 18.0 Å². The lowest BCUT2D eigenvalue weighted by Crippen LogP contribution is -2.39. The molecule has 0 spiro atoms. The Balaban J connectivity index is 1.51. The molecule has 0 saturated carbocycles. The molecule has 0 bridgehead atoms. The number of fused-ring (bicyclic) bond motifs is 1. The van der Waals surface area contributed by atoms with Crippen LogP contribution in [0.4, 0.5) is 0 Å². The van der Waals surface area contributed by atoms with Crippen molar-refractivity contribution >= 4 is 5.91 Å². The monoisotopic (exact) mass is 336 g/mol. The number of amides is 1. The fourth-order valence-corrected chi connectivity index (χ4v) is 2.86. The largest absolute Gasteiger partial charge is 0.441 e. The maximum atomic E-state index is 12.5. The Hall–Kier alpha value is -3.22. The molecule has 1 aliphatic rings. The summed E-state index contributed by atoms with van der Waals surface area (Å²) in [5.41, 5.74) is 1.39. The number of rotatable bonds is 3. The Bertz CT molecular complexity index is 962. The summed E-state index contributed by atoms with van der Waals surface area (Å²) in [5.74, 6) is 1.22. The second kappa shape index (κ2) is 6.35. The second-order valence-corrected chi connectivity index (χ2v) is 5.86. The van der Waals surface area contributed by atoms with Crippen LogP contribution in [-0.4, -0.2) is 31.9 Å². The zero-order chi connectivity index (χ0) is 17.2. The fraction of sp³-hybridized carbons (Fsp3) is 0.222. The quantitative estimate of drug-likeness (QED) is 0.724. The van der Waals surface area contributed by atoms with E-state index in [1.807, 2.05) is 12.1 Å². The average molecular weight is 336 g/mol. The van der Waals surface area contributed by atoms with Crippen LogP contribution in [0.5, 0.6) is 0 Å². The summed E-state index contributed by atoms with van der Waals surface area (Å²) < 4.78 is 7.22. The van der Waals surface area contributed by atoms with Gasteiger partial charge < -0.3 is 13.9 Å². The maximum absolute atomic E-state index is 12.5. The normalized spacial score (nSPS) is 13.5. The van der Waals surface area contributed by atoms with Crippen LogP contribution in [0.1, 0.15) is 11.5 Å². The summed E-state index contributed by atoms with van der Waals surface area (Å²) in [7, 11) is 0. The molecule has 0 radical (unpaired) electrons. The van der Waals surface area contributed by atoms with Gasteiger partial charge in [-0.1, -0.05) is 6.07 Å². The average Bonchev–Trinajstić information content (AvgIpc) is 3.07. The van der Waals surface area contributed by atoms with Gasteiger partial charge in [0.1, 0.15) is 18.0 Å². The molecular formula is C18H16N4O3. The van der Waals surface area contributed by atoms with Gasteiger partial charge in [0.2, 0.25) is 11.8 Å². The van der Waals surface area contributed by atoms with Crippen LogP contribution in [-0.2, 0) is 24.3 Å². The highest BCUT2D eigenvalue weighted by Crippen LogP contribution is 2.25. The molecule has 3 aromatic rings. The van der Waals surface area contributed by atoms with Crippen molar-refractivity contribution in [1.29, 1.82) is 0 Å². The van der Waals surface area contributed by atoms with Gasteiger partial charge >= 0.3 is 0 Å². The van der Waals surface area contributed by atoms with Gasteiger partial charge in [-0.15, -0.1) is 0 Å². The number of pyridine rings is 2. The molecule has 0 aliphatic carbocycles. The molecule has 7 heteroatoms. The van der Waals surface area contributed by atoms with E-state index in [0.717, 1.165) is 17.0 Å². The Kier molecular flexibility index (Phi) is 3.89. The Morgan fingerprint density at radius 2 is 2.16 bits per heavy atom. The van der Waals surface area contributed by atoms with Crippen LogP contribution in [0.25, 0.3) is 11.5 Å². The predicted octanol–water partition coefficient (Wildman–Crippen LogP) is 1.48. The third-order valence-electron chi connectivity index (χ3n) is 4.19. The lowest BCUT2D eigenvalue weighted by molar-refractivity contribution is -0.132. The minimum Gasteiger partial charge on any atom is -0.441 e. The first-order chi connectivity index (χ1) is 12.2. The lowest BCUT2D eigenvalue weighted by atomic mass is 10.1. The van der Waals surface area contributed by atoms with Crippen molar-refractivity contribution in [2.45, 2.75) is 19.5 Å². The molecular weight excluding hydrogens is 320 g/mol. The Morgan fingerprint density at radius 1 is 1.24 bits per heavy atom. The van der Waals surface area contributed by atoms with Crippen molar-refractivity contribution in [3.63, 3.8) is 0 Å². The molecule has 4 rings (SSSR count). The van der Waals surface area contributed by atoms with Crippen LogP contribution in [0.3, 0.4) is 0 Å². The van der Waals surface area contributed by atoms with Crippen LogP contribution >= 0.6 is 0 Å². The fourth-order valence-electron chi connectivity index (χ4n) is 2.86. The summed E-state index contributed by atoms with van der Waals surface area (Å²) in [4.78, 5) is 34.5. The minimum absolute atomic E-state index is 0.0301. The number of hydrogen-bond donors (Lipinski definition) is 0. The van der Waals surface area contributed by atoms with Crippen molar-refractivity contribution in [3.05, 3.63) is 70.7 Å². The number of nitrogens with zero attached hydrogens (tertiary/aromatic N) is 4. The van der Waals surface area contributed by atoms with E-state index in [1.165, 1.54) is 10.6 Å². The molecule has 0 atom stereocenters. The number of aromatic nitrogens is 3. The van der Waals surface area contributed by atoms with Crippen LogP contribution < -0.4 is 5.56 Å². The Morgan fingerprint density at radius 3 is 2.96 bits per heavy atom. The SMILES string of the molecule is O=C(Cn1ccccc1=O)N1CCc2oc(-c3cccnc3)nc2C1.